The quantitative estimate of drug-likeness (QED) is 0.412. The number of nitrogen functional groups attached to an aromatic ring is 1. The summed E-state index contributed by atoms with van der Waals surface area (Å²) in [5, 5.41) is 8.01. The number of fused-ring (bicyclic) bond motifs is 1. The molecule has 192 valence electrons. The van der Waals surface area contributed by atoms with E-state index in [4.69, 9.17) is 15.5 Å². The van der Waals surface area contributed by atoms with Gasteiger partial charge in [0.15, 0.2) is 5.82 Å². The van der Waals surface area contributed by atoms with Gasteiger partial charge in [-0.1, -0.05) is 18.2 Å². The van der Waals surface area contributed by atoms with Gasteiger partial charge in [0.05, 0.1) is 0 Å². The maximum absolute atomic E-state index is 15.4. The average molecular weight is 502 g/mol. The number of para-hydroxylation sites is 1. The molecule has 6 rings (SSSR count). The molecule has 1 saturated carbocycles. The number of nitrogens with two attached hydrogens (primary N) is 1. The lowest BCUT2D eigenvalue weighted by Crippen LogP contribution is -2.53. The molecule has 9 heteroatoms. The first-order valence-electron chi connectivity index (χ1n) is 13.1. The first-order valence-corrected chi connectivity index (χ1v) is 13.1. The Kier molecular flexibility index (Phi) is 6.48. The van der Waals surface area contributed by atoms with Gasteiger partial charge in [-0.3, -0.25) is 4.90 Å². The third kappa shape index (κ3) is 4.76. The van der Waals surface area contributed by atoms with Crippen molar-refractivity contribution in [1.29, 1.82) is 0 Å². The molecule has 3 heterocycles. The number of hydrogen-bond acceptors (Lipinski definition) is 7. The molecule has 0 radical (unpaired) electrons. The highest BCUT2D eigenvalue weighted by Crippen LogP contribution is 2.39. The van der Waals surface area contributed by atoms with Crippen LogP contribution in [0.3, 0.4) is 0 Å². The number of nitrogens with zero attached hydrogens (tertiary/aromatic N) is 5. The number of ether oxygens (including phenoxy) is 1. The third-order valence-corrected chi connectivity index (χ3v) is 7.64. The zero-order chi connectivity index (χ0) is 25.4. The van der Waals surface area contributed by atoms with E-state index >= 15 is 4.39 Å². The van der Waals surface area contributed by atoms with Crippen LogP contribution in [0, 0.1) is 5.82 Å². The lowest BCUT2D eigenvalue weighted by molar-refractivity contribution is 0.114. The van der Waals surface area contributed by atoms with Gasteiger partial charge in [0.1, 0.15) is 40.7 Å². The van der Waals surface area contributed by atoms with E-state index in [2.05, 4.69) is 27.2 Å². The highest BCUT2D eigenvalue weighted by atomic mass is 19.1. The van der Waals surface area contributed by atoms with Crippen molar-refractivity contribution in [3.63, 3.8) is 0 Å². The highest BCUT2D eigenvalue weighted by Gasteiger charge is 2.32. The molecule has 4 aromatic rings. The van der Waals surface area contributed by atoms with Crippen LogP contribution in [0.4, 0.5) is 10.2 Å². The maximum Gasteiger partial charge on any atom is 0.153 e. The number of halogens is 1. The van der Waals surface area contributed by atoms with Crippen molar-refractivity contribution in [3.8, 4) is 22.8 Å². The number of benzene rings is 2. The van der Waals surface area contributed by atoms with Crippen molar-refractivity contribution in [2.24, 2.45) is 0 Å². The second-order valence-corrected chi connectivity index (χ2v) is 10.1. The molecule has 1 atom stereocenters. The fourth-order valence-electron chi connectivity index (χ4n) is 5.80. The summed E-state index contributed by atoms with van der Waals surface area (Å²) in [7, 11) is 0. The molecule has 2 aromatic carbocycles. The van der Waals surface area contributed by atoms with Gasteiger partial charge in [-0.2, -0.15) is 5.10 Å². The van der Waals surface area contributed by atoms with Gasteiger partial charge in [0, 0.05) is 49.3 Å². The largest absolute Gasteiger partial charge is 0.457 e. The Morgan fingerprint density at radius 1 is 1.05 bits per heavy atom. The summed E-state index contributed by atoms with van der Waals surface area (Å²) >= 11 is 0. The molecule has 0 bridgehead atoms. The average Bonchev–Trinajstić information content (AvgIpc) is 3.30. The SMILES string of the molecule is C[C@H]1CN(C2CCC(c3nc(-c4ccc(Oc5ccccc5)cc4F)c4c(N)ncnn34)CC2)CCN1. The van der Waals surface area contributed by atoms with Crippen LogP contribution in [-0.2, 0) is 0 Å². The number of nitrogens with one attached hydrogen (secondary N) is 1. The van der Waals surface area contributed by atoms with E-state index in [9.17, 15) is 0 Å². The van der Waals surface area contributed by atoms with Gasteiger partial charge in [-0.15, -0.1) is 0 Å². The summed E-state index contributed by atoms with van der Waals surface area (Å²) in [4.78, 5) is 11.8. The van der Waals surface area contributed by atoms with Crippen LogP contribution < -0.4 is 15.8 Å². The molecule has 8 nitrogen and oxygen atoms in total. The molecule has 3 N–H and O–H groups in total. The van der Waals surface area contributed by atoms with E-state index in [0.29, 0.717) is 40.4 Å². The number of rotatable bonds is 5. The van der Waals surface area contributed by atoms with Crippen molar-refractivity contribution in [3.05, 3.63) is 66.5 Å². The Balaban J connectivity index is 1.28. The van der Waals surface area contributed by atoms with Crippen molar-refractivity contribution in [2.75, 3.05) is 25.4 Å². The Morgan fingerprint density at radius 3 is 2.62 bits per heavy atom. The Hall–Kier alpha value is -3.56. The first-order chi connectivity index (χ1) is 18.1. The first kappa shape index (κ1) is 23.8. The normalized spacial score (nSPS) is 22.8. The van der Waals surface area contributed by atoms with Crippen LogP contribution in [0.25, 0.3) is 16.8 Å². The van der Waals surface area contributed by atoms with Crippen LogP contribution in [-0.4, -0.2) is 56.2 Å². The number of anilines is 1. The van der Waals surface area contributed by atoms with Crippen LogP contribution in [0.5, 0.6) is 11.5 Å². The third-order valence-electron chi connectivity index (χ3n) is 7.64. The van der Waals surface area contributed by atoms with Gasteiger partial charge >= 0.3 is 0 Å². The fourth-order valence-corrected chi connectivity index (χ4v) is 5.80. The summed E-state index contributed by atoms with van der Waals surface area (Å²) in [5.74, 6) is 1.98. The van der Waals surface area contributed by atoms with Gasteiger partial charge in [-0.05, 0) is 56.9 Å². The standard InChI is InChI=1S/C28H32FN7O/c1-18-16-35(14-13-31-18)20-9-7-19(8-10-20)28-34-25(26-27(30)32-17-33-36(26)28)23-12-11-22(15-24(23)29)37-21-5-3-2-4-6-21/h2-6,11-12,15,17-20,31H,7-10,13-14,16H2,1H3,(H2,30,32,33)/t18-,19?,20?/m0/s1. The van der Waals surface area contributed by atoms with E-state index in [1.54, 1.807) is 16.6 Å². The van der Waals surface area contributed by atoms with E-state index in [1.807, 2.05) is 30.3 Å². The van der Waals surface area contributed by atoms with Gasteiger partial charge in [0.2, 0.25) is 0 Å². The lowest BCUT2D eigenvalue weighted by Gasteiger charge is -2.40. The Labute approximate surface area is 215 Å². The Morgan fingerprint density at radius 2 is 1.86 bits per heavy atom. The zero-order valence-electron chi connectivity index (χ0n) is 21.0. The van der Waals surface area contributed by atoms with E-state index in [0.717, 1.165) is 51.1 Å². The van der Waals surface area contributed by atoms with Crippen LogP contribution in [0.1, 0.15) is 44.3 Å². The van der Waals surface area contributed by atoms with E-state index in [1.165, 1.54) is 12.4 Å². The predicted molar refractivity (Wildman–Crippen MR) is 141 cm³/mol. The van der Waals surface area contributed by atoms with Crippen molar-refractivity contribution < 1.29 is 9.13 Å². The summed E-state index contributed by atoms with van der Waals surface area (Å²) in [5.41, 5.74) is 7.65. The molecular formula is C28H32FN7O. The molecule has 0 unspecified atom stereocenters. The second kappa shape index (κ2) is 10.1. The molecule has 0 amide bonds. The molecular weight excluding hydrogens is 469 g/mol. The molecule has 2 aromatic heterocycles. The highest BCUT2D eigenvalue weighted by molar-refractivity contribution is 5.85. The summed E-state index contributed by atoms with van der Waals surface area (Å²) in [6.07, 6.45) is 5.69. The summed E-state index contributed by atoms with van der Waals surface area (Å²) < 4.78 is 23.0. The number of hydrogen-bond donors (Lipinski definition) is 2. The summed E-state index contributed by atoms with van der Waals surface area (Å²) in [6, 6.07) is 15.3. The van der Waals surface area contributed by atoms with Crippen LogP contribution in [0.2, 0.25) is 0 Å². The zero-order valence-corrected chi connectivity index (χ0v) is 21.0. The maximum atomic E-state index is 15.4. The fraction of sp³-hybridized carbons (Fsp3) is 0.393. The van der Waals surface area contributed by atoms with Gasteiger partial charge < -0.3 is 15.8 Å². The van der Waals surface area contributed by atoms with Crippen LogP contribution in [0.15, 0.2) is 54.9 Å². The Bertz CT molecular complexity index is 1380. The monoisotopic (exact) mass is 501 g/mol. The second-order valence-electron chi connectivity index (χ2n) is 10.1. The van der Waals surface area contributed by atoms with Crippen molar-refractivity contribution >= 4 is 11.3 Å². The number of piperazine rings is 1. The minimum Gasteiger partial charge on any atom is -0.457 e. The number of aromatic nitrogens is 4. The van der Waals surface area contributed by atoms with Gasteiger partial charge in [-0.25, -0.2) is 18.9 Å². The molecule has 37 heavy (non-hydrogen) atoms. The molecule has 2 fully saturated rings. The minimum atomic E-state index is -0.431. The molecule has 2 aliphatic rings. The van der Waals surface area contributed by atoms with E-state index in [-0.39, 0.29) is 11.7 Å². The summed E-state index contributed by atoms with van der Waals surface area (Å²) in [6.45, 7) is 5.49. The lowest BCUT2D eigenvalue weighted by atomic mass is 9.84. The molecule has 1 aliphatic heterocycles. The van der Waals surface area contributed by atoms with Crippen molar-refractivity contribution in [1.82, 2.24) is 29.8 Å². The molecule has 1 aliphatic carbocycles. The van der Waals surface area contributed by atoms with Crippen LogP contribution >= 0.6 is 0 Å². The number of imidazole rings is 1. The predicted octanol–water partition coefficient (Wildman–Crippen LogP) is 4.62. The van der Waals surface area contributed by atoms with E-state index < -0.39 is 5.82 Å². The minimum absolute atomic E-state index is 0.232. The molecule has 0 spiro atoms. The molecule has 1 saturated heterocycles. The van der Waals surface area contributed by atoms with Gasteiger partial charge in [0.25, 0.3) is 0 Å². The smallest absolute Gasteiger partial charge is 0.153 e. The topological polar surface area (TPSA) is 93.6 Å². The van der Waals surface area contributed by atoms with Crippen molar-refractivity contribution in [2.45, 2.75) is 50.6 Å².